The van der Waals surface area contributed by atoms with Crippen LogP contribution in [0.4, 0.5) is 16.2 Å². The summed E-state index contributed by atoms with van der Waals surface area (Å²) in [6, 6.07) is 3.58. The fourth-order valence-electron chi connectivity index (χ4n) is 1.21. The minimum Gasteiger partial charge on any atom is -0.369 e. The summed E-state index contributed by atoms with van der Waals surface area (Å²) in [5.74, 6) is -0.296. The van der Waals surface area contributed by atoms with Gasteiger partial charge in [0.05, 0.1) is 4.92 Å². The van der Waals surface area contributed by atoms with Crippen LogP contribution in [0.3, 0.4) is 0 Å². The van der Waals surface area contributed by atoms with E-state index in [0.717, 1.165) is 0 Å². The van der Waals surface area contributed by atoms with Gasteiger partial charge in [0, 0.05) is 6.07 Å². The predicted molar refractivity (Wildman–Crippen MR) is 61.8 cm³/mol. The van der Waals surface area contributed by atoms with Crippen molar-refractivity contribution < 1.29 is 9.72 Å². The van der Waals surface area contributed by atoms with Gasteiger partial charge in [0.15, 0.2) is 0 Å². The molecule has 2 amide bonds. The van der Waals surface area contributed by atoms with E-state index in [0.29, 0.717) is 5.56 Å². The van der Waals surface area contributed by atoms with Crippen LogP contribution in [0.2, 0.25) is 0 Å². The van der Waals surface area contributed by atoms with Crippen LogP contribution in [0.15, 0.2) is 23.2 Å². The van der Waals surface area contributed by atoms with Crippen molar-refractivity contribution in [1.82, 2.24) is 5.32 Å². The van der Waals surface area contributed by atoms with E-state index in [9.17, 15) is 14.9 Å². The molecule has 0 radical (unpaired) electrons. The van der Waals surface area contributed by atoms with Gasteiger partial charge in [-0.15, -0.1) is 0 Å². The maximum atomic E-state index is 10.8. The Balaban J connectivity index is 3.21. The number of nitrogens with zero attached hydrogens (tertiary/aromatic N) is 2. The normalized spacial score (nSPS) is 11.0. The number of guanidine groups is 1. The summed E-state index contributed by atoms with van der Waals surface area (Å²) in [6.07, 6.45) is 0. The average molecular weight is 237 g/mol. The van der Waals surface area contributed by atoms with Gasteiger partial charge in [-0.3, -0.25) is 15.4 Å². The molecule has 8 heteroatoms. The Labute approximate surface area is 96.5 Å². The molecule has 0 unspecified atom stereocenters. The number of nitro benzene ring substituents is 1. The molecule has 0 aliphatic carbocycles. The van der Waals surface area contributed by atoms with Crippen molar-refractivity contribution in [2.45, 2.75) is 6.92 Å². The first-order valence-electron chi connectivity index (χ1n) is 4.56. The Morgan fingerprint density at radius 1 is 1.47 bits per heavy atom. The molecule has 0 saturated carbocycles. The van der Waals surface area contributed by atoms with Crippen LogP contribution in [-0.4, -0.2) is 16.9 Å². The van der Waals surface area contributed by atoms with E-state index in [1.807, 2.05) is 5.32 Å². The van der Waals surface area contributed by atoms with Gasteiger partial charge < -0.3 is 11.5 Å². The van der Waals surface area contributed by atoms with Gasteiger partial charge in [-0.1, -0.05) is 12.1 Å². The number of urea groups is 1. The van der Waals surface area contributed by atoms with E-state index in [2.05, 4.69) is 4.99 Å². The molecule has 0 aliphatic heterocycles. The third kappa shape index (κ3) is 3.16. The van der Waals surface area contributed by atoms with Crippen molar-refractivity contribution in [3.05, 3.63) is 33.9 Å². The average Bonchev–Trinajstić information content (AvgIpc) is 2.19. The molecule has 1 aromatic rings. The Morgan fingerprint density at radius 3 is 2.65 bits per heavy atom. The fourth-order valence-corrected chi connectivity index (χ4v) is 1.21. The molecule has 0 fully saturated rings. The molecule has 8 nitrogen and oxygen atoms in total. The summed E-state index contributed by atoms with van der Waals surface area (Å²) in [7, 11) is 0. The zero-order valence-electron chi connectivity index (χ0n) is 9.01. The second-order valence-electron chi connectivity index (χ2n) is 3.19. The lowest BCUT2D eigenvalue weighted by atomic mass is 10.2. The minimum absolute atomic E-state index is 0.0868. The molecule has 0 aromatic heterocycles. The predicted octanol–water partition coefficient (Wildman–Crippen LogP) is 0.518. The van der Waals surface area contributed by atoms with Gasteiger partial charge in [0.25, 0.3) is 5.69 Å². The summed E-state index contributed by atoms with van der Waals surface area (Å²) < 4.78 is 0. The molecule has 0 spiro atoms. The molecule has 0 aliphatic rings. The van der Waals surface area contributed by atoms with Crippen LogP contribution < -0.4 is 16.8 Å². The molecule has 17 heavy (non-hydrogen) atoms. The first kappa shape index (κ1) is 12.4. The lowest BCUT2D eigenvalue weighted by Crippen LogP contribution is -2.40. The van der Waals surface area contributed by atoms with Crippen LogP contribution >= 0.6 is 0 Å². The third-order valence-corrected chi connectivity index (χ3v) is 1.90. The number of carbonyl (C=O) groups is 1. The smallest absolute Gasteiger partial charge is 0.318 e. The van der Waals surface area contributed by atoms with Gasteiger partial charge in [-0.25, -0.2) is 9.79 Å². The van der Waals surface area contributed by atoms with Crippen LogP contribution in [0.25, 0.3) is 0 Å². The van der Waals surface area contributed by atoms with Gasteiger partial charge in [-0.05, 0) is 12.5 Å². The van der Waals surface area contributed by atoms with Crippen molar-refractivity contribution in [2.75, 3.05) is 0 Å². The van der Waals surface area contributed by atoms with E-state index >= 15 is 0 Å². The summed E-state index contributed by atoms with van der Waals surface area (Å²) in [4.78, 5) is 24.5. The quantitative estimate of drug-likeness (QED) is 0.299. The number of aliphatic imine (C=N–C) groups is 1. The zero-order chi connectivity index (χ0) is 13.0. The molecule has 0 heterocycles. The van der Waals surface area contributed by atoms with Crippen LogP contribution in [-0.2, 0) is 0 Å². The van der Waals surface area contributed by atoms with Crippen molar-refractivity contribution >= 4 is 23.4 Å². The van der Waals surface area contributed by atoms with E-state index in [1.54, 1.807) is 13.0 Å². The van der Waals surface area contributed by atoms with E-state index in [-0.39, 0.29) is 17.3 Å². The fraction of sp³-hybridized carbons (Fsp3) is 0.111. The second-order valence-corrected chi connectivity index (χ2v) is 3.19. The van der Waals surface area contributed by atoms with Crippen molar-refractivity contribution in [3.8, 4) is 0 Å². The molecule has 0 saturated heterocycles. The number of benzene rings is 1. The Morgan fingerprint density at radius 2 is 2.12 bits per heavy atom. The second kappa shape index (κ2) is 4.92. The van der Waals surface area contributed by atoms with Crippen molar-refractivity contribution in [1.29, 1.82) is 0 Å². The van der Waals surface area contributed by atoms with Gasteiger partial charge in [0.2, 0.25) is 5.96 Å². The minimum atomic E-state index is -0.887. The van der Waals surface area contributed by atoms with Crippen molar-refractivity contribution in [2.24, 2.45) is 16.5 Å². The number of amides is 2. The highest BCUT2D eigenvalue weighted by Crippen LogP contribution is 2.30. The third-order valence-electron chi connectivity index (χ3n) is 1.90. The van der Waals surface area contributed by atoms with E-state index < -0.39 is 11.0 Å². The molecular formula is C9H11N5O3. The monoisotopic (exact) mass is 237 g/mol. The molecule has 5 N–H and O–H groups in total. The Bertz CT molecular complexity index is 497. The van der Waals surface area contributed by atoms with Gasteiger partial charge >= 0.3 is 6.03 Å². The summed E-state index contributed by atoms with van der Waals surface area (Å²) in [6.45, 7) is 1.64. The number of nitrogens with two attached hydrogens (primary N) is 2. The van der Waals surface area contributed by atoms with Crippen LogP contribution in [0.1, 0.15) is 5.56 Å². The number of hydrogen-bond donors (Lipinski definition) is 3. The molecule has 0 bridgehead atoms. The molecule has 1 aromatic carbocycles. The number of primary amides is 1. The topological polar surface area (TPSA) is 137 Å². The Hall–Kier alpha value is -2.64. The lowest BCUT2D eigenvalue weighted by Gasteiger charge is -2.03. The van der Waals surface area contributed by atoms with Crippen LogP contribution in [0.5, 0.6) is 0 Å². The molecule has 0 atom stereocenters. The maximum absolute atomic E-state index is 10.8. The van der Waals surface area contributed by atoms with E-state index in [1.165, 1.54) is 12.1 Å². The first-order valence-corrected chi connectivity index (χ1v) is 4.56. The van der Waals surface area contributed by atoms with E-state index in [4.69, 9.17) is 11.5 Å². The highest BCUT2D eigenvalue weighted by atomic mass is 16.6. The Kier molecular flexibility index (Phi) is 3.60. The number of para-hydroxylation sites is 1. The standard InChI is InChI=1S/C9H11N5O3/c1-5-3-2-4-6(14(16)17)7(5)12-8(10)13-9(11)15/h2-4H,1H3,(H5,10,11,12,13,15). The largest absolute Gasteiger partial charge is 0.369 e. The zero-order valence-corrected chi connectivity index (χ0v) is 9.01. The summed E-state index contributed by atoms with van der Waals surface area (Å²) in [5, 5.41) is 12.8. The van der Waals surface area contributed by atoms with Gasteiger partial charge in [-0.2, -0.15) is 0 Å². The molecule has 90 valence electrons. The van der Waals surface area contributed by atoms with Crippen LogP contribution in [0, 0.1) is 17.0 Å². The van der Waals surface area contributed by atoms with Gasteiger partial charge in [0.1, 0.15) is 5.69 Å². The number of hydrogen-bond acceptors (Lipinski definition) is 4. The summed E-state index contributed by atoms with van der Waals surface area (Å²) >= 11 is 0. The number of aryl methyl sites for hydroxylation is 1. The number of carbonyl (C=O) groups excluding carboxylic acids is 1. The number of nitro groups is 1. The first-order chi connectivity index (χ1) is 7.91. The summed E-state index contributed by atoms with van der Waals surface area (Å²) in [5.41, 5.74) is 10.7. The molecular weight excluding hydrogens is 226 g/mol. The SMILES string of the molecule is Cc1cccc([N+](=O)[O-])c1N=C(N)NC(N)=O. The lowest BCUT2D eigenvalue weighted by molar-refractivity contribution is -0.384. The maximum Gasteiger partial charge on any atom is 0.318 e. The highest BCUT2D eigenvalue weighted by Gasteiger charge is 2.15. The number of rotatable bonds is 2. The highest BCUT2D eigenvalue weighted by molar-refractivity contribution is 5.96. The molecule has 1 rings (SSSR count). The number of nitrogens with one attached hydrogen (secondary N) is 1. The van der Waals surface area contributed by atoms with Crippen molar-refractivity contribution in [3.63, 3.8) is 0 Å².